The summed E-state index contributed by atoms with van der Waals surface area (Å²) in [5.74, 6) is -0.238. The largest absolute Gasteiger partial charge is 0.374 e. The van der Waals surface area contributed by atoms with E-state index in [-0.39, 0.29) is 11.9 Å². The van der Waals surface area contributed by atoms with Crippen molar-refractivity contribution in [3.63, 3.8) is 0 Å². The monoisotopic (exact) mass is 268 g/mol. The van der Waals surface area contributed by atoms with Crippen LogP contribution in [0.25, 0.3) is 0 Å². The molecule has 0 saturated heterocycles. The number of nitrogen functional groups attached to an aromatic ring is 1. The molecule has 0 radical (unpaired) electrons. The van der Waals surface area contributed by atoms with Gasteiger partial charge in [0, 0.05) is 9.75 Å². The van der Waals surface area contributed by atoms with Crippen LogP contribution in [-0.4, -0.2) is 16.1 Å². The summed E-state index contributed by atoms with van der Waals surface area (Å²) in [6, 6.07) is 4.01. The lowest BCUT2D eigenvalue weighted by molar-refractivity contribution is 0.0939. The highest BCUT2D eigenvalue weighted by molar-refractivity contribution is 7.16. The van der Waals surface area contributed by atoms with E-state index in [1.807, 2.05) is 26.0 Å². The Kier molecular flexibility index (Phi) is 3.39. The Morgan fingerprint density at radius 3 is 2.71 bits per heavy atom. The van der Waals surface area contributed by atoms with Crippen molar-refractivity contribution in [3.8, 4) is 0 Å². The van der Waals surface area contributed by atoms with Crippen LogP contribution in [0, 0.1) is 6.92 Å². The quantitative estimate of drug-likeness (QED) is 0.892. The fourth-order valence-electron chi connectivity index (χ4n) is 1.34. The van der Waals surface area contributed by atoms with Crippen LogP contribution in [0.3, 0.4) is 0 Å². The smallest absolute Gasteiger partial charge is 0.282 e. The van der Waals surface area contributed by atoms with E-state index in [2.05, 4.69) is 15.5 Å². The second-order valence-corrected chi connectivity index (χ2v) is 5.92. The Bertz CT molecular complexity index is 534. The number of rotatable bonds is 3. The van der Waals surface area contributed by atoms with E-state index in [1.165, 1.54) is 4.88 Å². The third-order valence-corrected chi connectivity index (χ3v) is 4.10. The van der Waals surface area contributed by atoms with Crippen LogP contribution in [0.4, 0.5) is 5.13 Å². The number of hydrogen-bond acceptors (Lipinski definition) is 6. The highest BCUT2D eigenvalue weighted by Crippen LogP contribution is 2.22. The molecule has 0 aliphatic rings. The molecule has 2 aromatic rings. The van der Waals surface area contributed by atoms with Crippen LogP contribution in [0.5, 0.6) is 0 Å². The van der Waals surface area contributed by atoms with Gasteiger partial charge < -0.3 is 11.1 Å². The zero-order valence-electron chi connectivity index (χ0n) is 9.43. The van der Waals surface area contributed by atoms with Crippen molar-refractivity contribution in [1.82, 2.24) is 15.5 Å². The summed E-state index contributed by atoms with van der Waals surface area (Å²) in [4.78, 5) is 14.1. The first-order valence-electron chi connectivity index (χ1n) is 5.02. The van der Waals surface area contributed by atoms with E-state index in [4.69, 9.17) is 5.73 Å². The zero-order chi connectivity index (χ0) is 12.4. The highest BCUT2D eigenvalue weighted by Gasteiger charge is 2.16. The minimum absolute atomic E-state index is 0.0358. The molecule has 17 heavy (non-hydrogen) atoms. The van der Waals surface area contributed by atoms with E-state index < -0.39 is 0 Å². The van der Waals surface area contributed by atoms with Crippen LogP contribution in [-0.2, 0) is 0 Å². The first-order chi connectivity index (χ1) is 8.06. The van der Waals surface area contributed by atoms with E-state index in [0.717, 1.165) is 16.2 Å². The number of anilines is 1. The molecule has 0 bridgehead atoms. The molecule has 0 aromatic carbocycles. The lowest BCUT2D eigenvalue weighted by Gasteiger charge is -2.10. The SMILES string of the molecule is Cc1ccc(C(C)NC(=O)c2nnc(N)s2)s1. The topological polar surface area (TPSA) is 80.9 Å². The minimum Gasteiger partial charge on any atom is -0.374 e. The van der Waals surface area contributed by atoms with Gasteiger partial charge in [-0.15, -0.1) is 21.5 Å². The van der Waals surface area contributed by atoms with Crippen LogP contribution in [0.1, 0.15) is 32.5 Å². The predicted octanol–water partition coefficient (Wildman–Crippen LogP) is 1.98. The molecule has 90 valence electrons. The van der Waals surface area contributed by atoms with Crippen LogP contribution < -0.4 is 11.1 Å². The number of aromatic nitrogens is 2. The number of aryl methyl sites for hydroxylation is 1. The highest BCUT2D eigenvalue weighted by atomic mass is 32.1. The summed E-state index contributed by atoms with van der Waals surface area (Å²) < 4.78 is 0. The van der Waals surface area contributed by atoms with Gasteiger partial charge in [0.25, 0.3) is 5.91 Å². The number of carbonyl (C=O) groups is 1. The molecular weight excluding hydrogens is 256 g/mol. The van der Waals surface area contributed by atoms with Gasteiger partial charge in [-0.1, -0.05) is 11.3 Å². The maximum Gasteiger partial charge on any atom is 0.282 e. The van der Waals surface area contributed by atoms with Crippen LogP contribution >= 0.6 is 22.7 Å². The van der Waals surface area contributed by atoms with Crippen molar-refractivity contribution in [2.45, 2.75) is 19.9 Å². The number of nitrogens with two attached hydrogens (primary N) is 1. The normalized spacial score (nSPS) is 12.4. The summed E-state index contributed by atoms with van der Waals surface area (Å²) in [6.45, 7) is 3.97. The summed E-state index contributed by atoms with van der Waals surface area (Å²) in [6.07, 6.45) is 0. The Morgan fingerprint density at radius 2 is 2.18 bits per heavy atom. The van der Waals surface area contributed by atoms with Crippen molar-refractivity contribution in [3.05, 3.63) is 26.9 Å². The summed E-state index contributed by atoms with van der Waals surface area (Å²) in [5, 5.41) is 10.8. The summed E-state index contributed by atoms with van der Waals surface area (Å²) >= 11 is 2.75. The van der Waals surface area contributed by atoms with Gasteiger partial charge >= 0.3 is 0 Å². The number of nitrogens with one attached hydrogen (secondary N) is 1. The van der Waals surface area contributed by atoms with Crippen LogP contribution in [0.2, 0.25) is 0 Å². The summed E-state index contributed by atoms with van der Waals surface area (Å²) in [7, 11) is 0. The molecule has 0 aliphatic carbocycles. The predicted molar refractivity (Wildman–Crippen MR) is 69.3 cm³/mol. The third kappa shape index (κ3) is 2.80. The fourth-order valence-corrected chi connectivity index (χ4v) is 2.73. The van der Waals surface area contributed by atoms with E-state index in [0.29, 0.717) is 10.1 Å². The van der Waals surface area contributed by atoms with Gasteiger partial charge in [-0.2, -0.15) is 0 Å². The Morgan fingerprint density at radius 1 is 1.41 bits per heavy atom. The first kappa shape index (κ1) is 12.0. The lowest BCUT2D eigenvalue weighted by atomic mass is 10.2. The maximum absolute atomic E-state index is 11.8. The summed E-state index contributed by atoms with van der Waals surface area (Å²) in [5.41, 5.74) is 5.43. The van der Waals surface area contributed by atoms with Crippen molar-refractivity contribution in [1.29, 1.82) is 0 Å². The molecule has 1 amide bonds. The molecule has 3 N–H and O–H groups in total. The number of hydrogen-bond donors (Lipinski definition) is 2. The Balaban J connectivity index is 2.04. The van der Waals surface area contributed by atoms with Gasteiger partial charge in [0.1, 0.15) is 0 Å². The standard InChI is InChI=1S/C10H12N4OS2/c1-5-3-4-7(16-5)6(2)12-8(15)9-13-14-10(11)17-9/h3-4,6H,1-2H3,(H2,11,14)(H,12,15). The van der Waals surface area contributed by atoms with Gasteiger partial charge in [0.15, 0.2) is 0 Å². The zero-order valence-corrected chi connectivity index (χ0v) is 11.1. The number of thiophene rings is 1. The second-order valence-electron chi connectivity index (χ2n) is 3.59. The Hall–Kier alpha value is -1.47. The molecule has 0 aliphatic heterocycles. The minimum atomic E-state index is -0.238. The van der Waals surface area contributed by atoms with Crippen molar-refractivity contribution >= 4 is 33.7 Å². The molecule has 7 heteroatoms. The molecule has 1 atom stereocenters. The molecule has 5 nitrogen and oxygen atoms in total. The van der Waals surface area contributed by atoms with E-state index in [1.54, 1.807) is 11.3 Å². The van der Waals surface area contributed by atoms with Gasteiger partial charge in [-0.05, 0) is 26.0 Å². The molecule has 0 saturated carbocycles. The van der Waals surface area contributed by atoms with E-state index in [9.17, 15) is 4.79 Å². The third-order valence-electron chi connectivity index (χ3n) is 2.17. The average molecular weight is 268 g/mol. The molecule has 1 unspecified atom stereocenters. The average Bonchev–Trinajstić information content (AvgIpc) is 2.87. The van der Waals surface area contributed by atoms with Gasteiger partial charge in [-0.25, -0.2) is 0 Å². The number of carbonyl (C=O) groups excluding carboxylic acids is 1. The molecule has 0 spiro atoms. The fraction of sp³-hybridized carbons (Fsp3) is 0.300. The van der Waals surface area contributed by atoms with Crippen molar-refractivity contribution < 1.29 is 4.79 Å². The molecule has 2 heterocycles. The molecule has 0 fully saturated rings. The molecule has 2 rings (SSSR count). The second kappa shape index (κ2) is 4.80. The number of amides is 1. The van der Waals surface area contributed by atoms with Crippen molar-refractivity contribution in [2.24, 2.45) is 0 Å². The number of nitrogens with zero attached hydrogens (tertiary/aromatic N) is 2. The van der Waals surface area contributed by atoms with Crippen molar-refractivity contribution in [2.75, 3.05) is 5.73 Å². The lowest BCUT2D eigenvalue weighted by Crippen LogP contribution is -2.25. The van der Waals surface area contributed by atoms with Gasteiger partial charge in [0.2, 0.25) is 10.1 Å². The van der Waals surface area contributed by atoms with Gasteiger partial charge in [-0.3, -0.25) is 4.79 Å². The van der Waals surface area contributed by atoms with Gasteiger partial charge in [0.05, 0.1) is 6.04 Å². The molecule has 2 aromatic heterocycles. The maximum atomic E-state index is 11.8. The molecular formula is C10H12N4OS2. The first-order valence-corrected chi connectivity index (χ1v) is 6.65. The van der Waals surface area contributed by atoms with Crippen LogP contribution in [0.15, 0.2) is 12.1 Å². The Labute approximate surface area is 107 Å². The van der Waals surface area contributed by atoms with E-state index >= 15 is 0 Å².